The van der Waals surface area contributed by atoms with Gasteiger partial charge in [0, 0.05) is 12.3 Å². The van der Waals surface area contributed by atoms with Crippen LogP contribution in [-0.2, 0) is 10.9 Å². The van der Waals surface area contributed by atoms with Gasteiger partial charge in [0.2, 0.25) is 5.88 Å². The molecule has 4 radical (unpaired) electrons. The van der Waals surface area contributed by atoms with Crippen molar-refractivity contribution in [3.05, 3.63) is 23.9 Å². The molecule has 0 saturated carbocycles. The summed E-state index contributed by atoms with van der Waals surface area (Å²) < 4.78 is 48.4. The Kier molecular flexibility index (Phi) is 7.85. The Balaban J connectivity index is 0.00000190. The molecule has 0 bridgehead atoms. The Hall–Kier alpha value is -1.86. The summed E-state index contributed by atoms with van der Waals surface area (Å²) in [5.41, 5.74) is -1.60. The Morgan fingerprint density at radius 2 is 1.89 bits per heavy atom. The standard InChI is InChI=1S/C16H19B2F3N2O3.C2H6/c1-14(2,3)26-13(24)23-11(6-7-15(23,17)18)9-25-12-5-4-10(8-22-12)16(19,20)21;1-2/h4-5,8,11H,6-7,9H2,1-3H3;1-2H3. The number of halogens is 3. The van der Waals surface area contributed by atoms with Crippen molar-refractivity contribution < 1.29 is 27.4 Å². The van der Waals surface area contributed by atoms with Gasteiger partial charge in [-0.25, -0.2) is 9.78 Å². The van der Waals surface area contributed by atoms with Gasteiger partial charge in [0.05, 0.1) is 27.3 Å². The number of rotatable bonds is 3. The summed E-state index contributed by atoms with van der Waals surface area (Å²) in [5.74, 6) is 0.00804. The zero-order valence-corrected chi connectivity index (χ0v) is 16.8. The van der Waals surface area contributed by atoms with E-state index in [9.17, 15) is 18.0 Å². The number of nitrogens with zero attached hydrogens (tertiary/aromatic N) is 2. The first-order valence-corrected chi connectivity index (χ1v) is 9.06. The van der Waals surface area contributed by atoms with E-state index in [0.29, 0.717) is 19.0 Å². The van der Waals surface area contributed by atoms with Crippen LogP contribution in [0.2, 0.25) is 0 Å². The molecule has 1 unspecified atom stereocenters. The average Bonchev–Trinajstić information content (AvgIpc) is 2.87. The molecular formula is C18H25B2F3N2O3. The van der Waals surface area contributed by atoms with E-state index in [4.69, 9.17) is 25.2 Å². The Labute approximate surface area is 166 Å². The minimum atomic E-state index is -4.47. The van der Waals surface area contributed by atoms with E-state index in [-0.39, 0.29) is 12.5 Å². The van der Waals surface area contributed by atoms with Crippen molar-refractivity contribution in [2.45, 2.75) is 70.6 Å². The second kappa shape index (κ2) is 9.09. The van der Waals surface area contributed by atoms with Crippen molar-refractivity contribution >= 4 is 21.8 Å². The SMILES string of the molecule is CC.[B]C1([B])CCC(COc2ccc(C(F)(F)F)cn2)N1C(=O)OC(C)(C)C. The molecule has 152 valence electrons. The molecule has 0 aromatic carbocycles. The number of alkyl halides is 3. The minimum absolute atomic E-state index is 0.00804. The maximum absolute atomic E-state index is 12.5. The van der Waals surface area contributed by atoms with Crippen LogP contribution in [0.4, 0.5) is 18.0 Å². The highest BCUT2D eigenvalue weighted by Gasteiger charge is 2.43. The fourth-order valence-corrected chi connectivity index (χ4v) is 2.59. The lowest BCUT2D eigenvalue weighted by molar-refractivity contribution is -0.137. The molecule has 1 aromatic heterocycles. The Morgan fingerprint density at radius 3 is 2.36 bits per heavy atom. The fourth-order valence-electron chi connectivity index (χ4n) is 2.59. The van der Waals surface area contributed by atoms with Crippen LogP contribution in [0.15, 0.2) is 18.3 Å². The van der Waals surface area contributed by atoms with E-state index < -0.39 is 34.8 Å². The number of hydrogen-bond acceptors (Lipinski definition) is 4. The first-order valence-electron chi connectivity index (χ1n) is 9.06. The quantitative estimate of drug-likeness (QED) is 0.728. The monoisotopic (exact) mass is 396 g/mol. The number of likely N-dealkylation sites (tertiary alicyclic amines) is 1. The van der Waals surface area contributed by atoms with E-state index in [1.54, 1.807) is 20.8 Å². The number of carbonyl (C=O) groups excluding carboxylic acids is 1. The molecule has 10 heteroatoms. The summed E-state index contributed by atoms with van der Waals surface area (Å²) in [6.07, 6.45) is -3.66. The van der Waals surface area contributed by atoms with Gasteiger partial charge in [0.15, 0.2) is 0 Å². The van der Waals surface area contributed by atoms with E-state index in [2.05, 4.69) is 4.98 Å². The van der Waals surface area contributed by atoms with Crippen molar-refractivity contribution in [1.82, 2.24) is 9.88 Å². The highest BCUT2D eigenvalue weighted by Crippen LogP contribution is 2.32. The van der Waals surface area contributed by atoms with Gasteiger partial charge < -0.3 is 14.4 Å². The predicted octanol–water partition coefficient (Wildman–Crippen LogP) is 3.90. The second-order valence-electron chi connectivity index (χ2n) is 7.23. The minimum Gasteiger partial charge on any atom is -0.475 e. The molecule has 1 aliphatic rings. The van der Waals surface area contributed by atoms with Gasteiger partial charge >= 0.3 is 12.3 Å². The number of aromatic nitrogens is 1. The summed E-state index contributed by atoms with van der Waals surface area (Å²) in [4.78, 5) is 17.2. The summed E-state index contributed by atoms with van der Waals surface area (Å²) in [6, 6.07) is 1.51. The molecule has 2 heterocycles. The molecule has 1 saturated heterocycles. The lowest BCUT2D eigenvalue weighted by atomic mass is 9.60. The van der Waals surface area contributed by atoms with Crippen LogP contribution in [0, 0.1) is 0 Å². The first-order chi connectivity index (χ1) is 12.8. The van der Waals surface area contributed by atoms with Crippen molar-refractivity contribution in [2.75, 3.05) is 6.61 Å². The van der Waals surface area contributed by atoms with Crippen LogP contribution in [0.25, 0.3) is 0 Å². The van der Waals surface area contributed by atoms with Gasteiger partial charge in [0.1, 0.15) is 12.2 Å². The van der Waals surface area contributed by atoms with Crippen molar-refractivity contribution in [3.63, 3.8) is 0 Å². The van der Waals surface area contributed by atoms with Gasteiger partial charge in [-0.2, -0.15) is 13.2 Å². The maximum atomic E-state index is 12.5. The molecule has 0 N–H and O–H groups in total. The van der Waals surface area contributed by atoms with Gasteiger partial charge in [-0.3, -0.25) is 0 Å². The van der Waals surface area contributed by atoms with Crippen molar-refractivity contribution in [1.29, 1.82) is 0 Å². The zero-order valence-electron chi connectivity index (χ0n) is 16.8. The third-order valence-corrected chi connectivity index (χ3v) is 3.77. The van der Waals surface area contributed by atoms with E-state index >= 15 is 0 Å². The van der Waals surface area contributed by atoms with Crippen molar-refractivity contribution in [2.24, 2.45) is 0 Å². The van der Waals surface area contributed by atoms with E-state index in [1.807, 2.05) is 13.8 Å². The van der Waals surface area contributed by atoms with Gasteiger partial charge in [-0.05, 0) is 45.0 Å². The zero-order chi connectivity index (χ0) is 21.8. The molecule has 1 fully saturated rings. The molecule has 28 heavy (non-hydrogen) atoms. The maximum Gasteiger partial charge on any atom is 0.417 e. The molecule has 1 aliphatic heterocycles. The summed E-state index contributed by atoms with van der Waals surface area (Å²) >= 11 is 0. The second-order valence-corrected chi connectivity index (χ2v) is 7.23. The average molecular weight is 396 g/mol. The van der Waals surface area contributed by atoms with Crippen LogP contribution in [0.1, 0.15) is 53.0 Å². The smallest absolute Gasteiger partial charge is 0.417 e. The molecular weight excluding hydrogens is 371 g/mol. The van der Waals surface area contributed by atoms with Crippen LogP contribution in [0.3, 0.4) is 0 Å². The number of carbonyl (C=O) groups is 1. The molecule has 1 amide bonds. The molecule has 5 nitrogen and oxygen atoms in total. The molecule has 0 spiro atoms. The van der Waals surface area contributed by atoms with Gasteiger partial charge in [-0.15, -0.1) is 0 Å². The summed E-state index contributed by atoms with van der Waals surface area (Å²) in [6.45, 7) is 9.13. The van der Waals surface area contributed by atoms with Crippen LogP contribution in [0.5, 0.6) is 5.88 Å². The first kappa shape index (κ1) is 24.2. The number of hydrogen-bond donors (Lipinski definition) is 0. The topological polar surface area (TPSA) is 51.7 Å². The number of amides is 1. The Morgan fingerprint density at radius 1 is 1.29 bits per heavy atom. The highest BCUT2D eigenvalue weighted by molar-refractivity contribution is 6.41. The Bertz CT molecular complexity index is 647. The summed E-state index contributed by atoms with van der Waals surface area (Å²) in [7, 11) is 12.0. The normalized spacial score (nSPS) is 18.9. The third-order valence-electron chi connectivity index (χ3n) is 3.77. The predicted molar refractivity (Wildman–Crippen MR) is 101 cm³/mol. The van der Waals surface area contributed by atoms with Crippen LogP contribution in [-0.4, -0.2) is 55.3 Å². The van der Waals surface area contributed by atoms with Crippen molar-refractivity contribution in [3.8, 4) is 5.88 Å². The molecule has 1 atom stereocenters. The largest absolute Gasteiger partial charge is 0.475 e. The van der Waals surface area contributed by atoms with E-state index in [1.165, 1.54) is 4.90 Å². The third kappa shape index (κ3) is 6.63. The van der Waals surface area contributed by atoms with Gasteiger partial charge in [0.25, 0.3) is 0 Å². The van der Waals surface area contributed by atoms with Crippen LogP contribution < -0.4 is 4.74 Å². The highest BCUT2D eigenvalue weighted by atomic mass is 19.4. The molecule has 0 aliphatic carbocycles. The van der Waals surface area contributed by atoms with Crippen LogP contribution >= 0.6 is 0 Å². The molecule has 1 aromatic rings. The van der Waals surface area contributed by atoms with E-state index in [0.717, 1.165) is 12.1 Å². The fraction of sp³-hybridized carbons (Fsp3) is 0.667. The number of pyridine rings is 1. The molecule has 2 rings (SSSR count). The lowest BCUT2D eigenvalue weighted by Gasteiger charge is -2.37. The number of ether oxygens (including phenoxy) is 2. The summed E-state index contributed by atoms with van der Waals surface area (Å²) in [5, 5.41) is -1.38. The van der Waals surface area contributed by atoms with Gasteiger partial charge in [-0.1, -0.05) is 13.8 Å². The lowest BCUT2D eigenvalue weighted by Crippen LogP contribution is -2.54.